The molecule has 2 fully saturated rings. The van der Waals surface area contributed by atoms with Crippen molar-refractivity contribution in [3.05, 3.63) is 0 Å². The van der Waals surface area contributed by atoms with Crippen molar-refractivity contribution in [1.82, 2.24) is 4.90 Å². The van der Waals surface area contributed by atoms with Crippen molar-refractivity contribution < 1.29 is 10.2 Å². The molecule has 1 saturated heterocycles. The summed E-state index contributed by atoms with van der Waals surface area (Å²) in [5.74, 6) is 0.653. The minimum Gasteiger partial charge on any atom is -0.396 e. The molecule has 2 N–H and O–H groups in total. The topological polar surface area (TPSA) is 43.7 Å². The highest BCUT2D eigenvalue weighted by molar-refractivity contribution is 4.89. The number of aliphatic hydroxyl groups is 2. The van der Waals surface area contributed by atoms with Crippen molar-refractivity contribution in [2.24, 2.45) is 5.92 Å². The number of hydrogen-bond acceptors (Lipinski definition) is 3. The molecule has 1 unspecified atom stereocenters. The van der Waals surface area contributed by atoms with Crippen LogP contribution >= 0.6 is 0 Å². The van der Waals surface area contributed by atoms with E-state index in [0.29, 0.717) is 12.5 Å². The van der Waals surface area contributed by atoms with Crippen LogP contribution in [0.5, 0.6) is 0 Å². The predicted molar refractivity (Wildman–Crippen MR) is 59.7 cm³/mol. The molecule has 3 heteroatoms. The Bertz CT molecular complexity index is 202. The Morgan fingerprint density at radius 3 is 2.67 bits per heavy atom. The molecule has 0 bridgehead atoms. The van der Waals surface area contributed by atoms with Gasteiger partial charge in [0.05, 0.1) is 5.60 Å². The van der Waals surface area contributed by atoms with Crippen LogP contribution in [-0.4, -0.2) is 47.0 Å². The van der Waals surface area contributed by atoms with Gasteiger partial charge in [0.1, 0.15) is 0 Å². The van der Waals surface area contributed by atoms with Gasteiger partial charge in [-0.3, -0.25) is 0 Å². The highest BCUT2D eigenvalue weighted by Gasteiger charge is 2.35. The molecule has 2 aliphatic rings. The van der Waals surface area contributed by atoms with Crippen LogP contribution in [0.4, 0.5) is 0 Å². The Morgan fingerprint density at radius 1 is 1.27 bits per heavy atom. The average molecular weight is 213 g/mol. The van der Waals surface area contributed by atoms with Crippen molar-refractivity contribution in [1.29, 1.82) is 0 Å². The third-order valence-corrected chi connectivity index (χ3v) is 3.96. The molecule has 88 valence electrons. The molecule has 3 nitrogen and oxygen atoms in total. The Labute approximate surface area is 92.1 Å². The normalized spacial score (nSPS) is 31.2. The summed E-state index contributed by atoms with van der Waals surface area (Å²) in [4.78, 5) is 2.38. The standard InChI is InChI=1S/C12H23NO2/c14-8-4-11-3-7-13(9-11)10-12(15)5-1-2-6-12/h11,14-15H,1-10H2. The lowest BCUT2D eigenvalue weighted by atomic mass is 10.0. The first-order valence-electron chi connectivity index (χ1n) is 6.27. The maximum Gasteiger partial charge on any atom is 0.0774 e. The third kappa shape index (κ3) is 2.92. The summed E-state index contributed by atoms with van der Waals surface area (Å²) >= 11 is 0. The molecule has 1 aliphatic heterocycles. The third-order valence-electron chi connectivity index (χ3n) is 3.96. The number of β-amino-alcohol motifs (C(OH)–C–C–N with tert-alkyl or cyclic N) is 1. The first-order chi connectivity index (χ1) is 7.22. The van der Waals surface area contributed by atoms with Crippen molar-refractivity contribution in [2.75, 3.05) is 26.2 Å². The number of rotatable bonds is 4. The largest absolute Gasteiger partial charge is 0.396 e. The van der Waals surface area contributed by atoms with E-state index in [9.17, 15) is 5.11 Å². The summed E-state index contributed by atoms with van der Waals surface area (Å²) in [6.07, 6.45) is 6.45. The average Bonchev–Trinajstić information content (AvgIpc) is 2.77. The highest BCUT2D eigenvalue weighted by atomic mass is 16.3. The van der Waals surface area contributed by atoms with Gasteiger partial charge in [-0.2, -0.15) is 0 Å². The van der Waals surface area contributed by atoms with Gasteiger partial charge in [-0.1, -0.05) is 12.8 Å². The van der Waals surface area contributed by atoms with Gasteiger partial charge in [-0.15, -0.1) is 0 Å². The zero-order valence-electron chi connectivity index (χ0n) is 9.49. The monoisotopic (exact) mass is 213 g/mol. The van der Waals surface area contributed by atoms with Crippen LogP contribution in [0.1, 0.15) is 38.5 Å². The molecule has 15 heavy (non-hydrogen) atoms. The van der Waals surface area contributed by atoms with Crippen molar-refractivity contribution in [2.45, 2.75) is 44.1 Å². The fraction of sp³-hybridized carbons (Fsp3) is 1.00. The summed E-state index contributed by atoms with van der Waals surface area (Å²) in [7, 11) is 0. The molecule has 0 spiro atoms. The van der Waals surface area contributed by atoms with Gasteiger partial charge < -0.3 is 15.1 Å². The summed E-state index contributed by atoms with van der Waals surface area (Å²) in [6.45, 7) is 3.34. The first-order valence-corrected chi connectivity index (χ1v) is 6.27. The minimum atomic E-state index is -0.395. The van der Waals surface area contributed by atoms with Crippen molar-refractivity contribution >= 4 is 0 Å². The molecule has 0 amide bonds. The molecule has 2 rings (SSSR count). The van der Waals surface area contributed by atoms with Crippen LogP contribution in [0.2, 0.25) is 0 Å². The SMILES string of the molecule is OCCC1CCN(CC2(O)CCCC2)C1. The quantitative estimate of drug-likeness (QED) is 0.732. The fourth-order valence-electron chi connectivity index (χ4n) is 3.08. The van der Waals surface area contributed by atoms with Gasteiger partial charge in [0, 0.05) is 19.7 Å². The number of aliphatic hydroxyl groups excluding tert-OH is 1. The lowest BCUT2D eigenvalue weighted by molar-refractivity contribution is 0.0146. The van der Waals surface area contributed by atoms with E-state index in [-0.39, 0.29) is 0 Å². The van der Waals surface area contributed by atoms with Crippen LogP contribution < -0.4 is 0 Å². The maximum absolute atomic E-state index is 10.3. The minimum absolute atomic E-state index is 0.308. The van der Waals surface area contributed by atoms with Crippen LogP contribution in [0, 0.1) is 5.92 Å². The number of likely N-dealkylation sites (tertiary alicyclic amines) is 1. The molecule has 1 heterocycles. The molecule has 1 atom stereocenters. The Balaban J connectivity index is 1.76. The summed E-state index contributed by atoms with van der Waals surface area (Å²) in [6, 6.07) is 0. The second kappa shape index (κ2) is 4.81. The second-order valence-electron chi connectivity index (χ2n) is 5.33. The highest BCUT2D eigenvalue weighted by Crippen LogP contribution is 2.32. The van der Waals surface area contributed by atoms with Gasteiger partial charge >= 0.3 is 0 Å². The molecule has 1 aliphatic carbocycles. The molecule has 0 aromatic carbocycles. The van der Waals surface area contributed by atoms with E-state index in [4.69, 9.17) is 5.11 Å². The second-order valence-corrected chi connectivity index (χ2v) is 5.33. The number of nitrogens with zero attached hydrogens (tertiary/aromatic N) is 1. The van der Waals surface area contributed by atoms with E-state index >= 15 is 0 Å². The molecule has 1 saturated carbocycles. The molecular formula is C12H23NO2. The predicted octanol–water partition coefficient (Wildman–Crippen LogP) is 0.996. The maximum atomic E-state index is 10.3. The van der Waals surface area contributed by atoms with Gasteiger partial charge in [-0.05, 0) is 38.1 Å². The first kappa shape index (κ1) is 11.4. The zero-order chi connectivity index (χ0) is 10.7. The van der Waals surface area contributed by atoms with E-state index in [2.05, 4.69) is 4.90 Å². The van der Waals surface area contributed by atoms with Crippen LogP contribution in [-0.2, 0) is 0 Å². The van der Waals surface area contributed by atoms with Crippen LogP contribution in [0.25, 0.3) is 0 Å². The van der Waals surface area contributed by atoms with E-state index in [1.54, 1.807) is 0 Å². The Kier molecular flexibility index (Phi) is 3.65. The summed E-state index contributed by atoms with van der Waals surface area (Å²) in [5.41, 5.74) is -0.395. The molecule has 0 radical (unpaired) electrons. The lowest BCUT2D eigenvalue weighted by Gasteiger charge is -2.28. The van der Waals surface area contributed by atoms with E-state index < -0.39 is 5.60 Å². The molecular weight excluding hydrogens is 190 g/mol. The van der Waals surface area contributed by atoms with E-state index in [0.717, 1.165) is 38.9 Å². The van der Waals surface area contributed by atoms with E-state index in [1.165, 1.54) is 19.3 Å². The Hall–Kier alpha value is -0.120. The zero-order valence-corrected chi connectivity index (χ0v) is 9.49. The smallest absolute Gasteiger partial charge is 0.0774 e. The van der Waals surface area contributed by atoms with Gasteiger partial charge in [-0.25, -0.2) is 0 Å². The van der Waals surface area contributed by atoms with Crippen LogP contribution in [0.15, 0.2) is 0 Å². The van der Waals surface area contributed by atoms with Crippen molar-refractivity contribution in [3.8, 4) is 0 Å². The molecule has 0 aromatic rings. The van der Waals surface area contributed by atoms with Crippen LogP contribution in [0.3, 0.4) is 0 Å². The van der Waals surface area contributed by atoms with Crippen molar-refractivity contribution in [3.63, 3.8) is 0 Å². The van der Waals surface area contributed by atoms with Gasteiger partial charge in [0.2, 0.25) is 0 Å². The van der Waals surface area contributed by atoms with Gasteiger partial charge in [0.25, 0.3) is 0 Å². The summed E-state index contributed by atoms with van der Waals surface area (Å²) < 4.78 is 0. The Morgan fingerprint density at radius 2 is 2.00 bits per heavy atom. The summed E-state index contributed by atoms with van der Waals surface area (Å²) in [5, 5.41) is 19.2. The fourth-order valence-corrected chi connectivity index (χ4v) is 3.08. The van der Waals surface area contributed by atoms with Gasteiger partial charge in [0.15, 0.2) is 0 Å². The molecule has 0 aromatic heterocycles. The lowest BCUT2D eigenvalue weighted by Crippen LogP contribution is -2.40. The van der Waals surface area contributed by atoms with E-state index in [1.807, 2.05) is 0 Å². The number of hydrogen-bond donors (Lipinski definition) is 2.